The molecule has 4 heterocycles. The van der Waals surface area contributed by atoms with E-state index < -0.39 is 0 Å². The lowest BCUT2D eigenvalue weighted by molar-refractivity contribution is 0.198. The van der Waals surface area contributed by atoms with Gasteiger partial charge in [-0.25, -0.2) is 18.9 Å². The minimum Gasteiger partial charge on any atom is -0.344 e. The van der Waals surface area contributed by atoms with Crippen molar-refractivity contribution in [3.05, 3.63) is 52.9 Å². The molecule has 1 saturated heterocycles. The van der Waals surface area contributed by atoms with E-state index in [1.165, 1.54) is 17.1 Å². The zero-order chi connectivity index (χ0) is 19.1. The summed E-state index contributed by atoms with van der Waals surface area (Å²) in [4.78, 5) is 14.8. The van der Waals surface area contributed by atoms with Crippen molar-refractivity contribution >= 4 is 32.8 Å². The molecule has 0 bridgehead atoms. The Morgan fingerprint density at radius 3 is 2.57 bits per heavy atom. The molecule has 5 rings (SSSR count). The summed E-state index contributed by atoms with van der Waals surface area (Å²) in [5.41, 5.74) is 1.71. The number of benzene rings is 1. The Balaban J connectivity index is 1.28. The number of hydrogen-bond acceptors (Lipinski definition) is 7. The molecule has 28 heavy (non-hydrogen) atoms. The Kier molecular flexibility index (Phi) is 4.58. The lowest BCUT2D eigenvalue weighted by atomic mass is 10.2. The standard InChI is InChI=1S/C19H19FN6S2/c1-13(17-21-6-11-27-17)24-7-9-25(10-8-24)19-23-26-12-16(22-18(26)28-19)14-2-4-15(20)5-3-14/h2-6,11-13H,7-10H2,1H3. The molecule has 144 valence electrons. The number of rotatable bonds is 4. The van der Waals surface area contributed by atoms with Crippen LogP contribution in [-0.4, -0.2) is 50.7 Å². The van der Waals surface area contributed by atoms with E-state index in [0.717, 1.165) is 47.5 Å². The lowest BCUT2D eigenvalue weighted by Crippen LogP contribution is -2.47. The minimum absolute atomic E-state index is 0.242. The summed E-state index contributed by atoms with van der Waals surface area (Å²) in [6, 6.07) is 6.74. The molecule has 0 N–H and O–H groups in total. The number of nitrogens with zero attached hydrogens (tertiary/aromatic N) is 6. The highest BCUT2D eigenvalue weighted by atomic mass is 32.1. The summed E-state index contributed by atoms with van der Waals surface area (Å²) >= 11 is 3.31. The molecule has 4 aromatic rings. The van der Waals surface area contributed by atoms with Crippen LogP contribution >= 0.6 is 22.7 Å². The third-order valence-corrected chi connectivity index (χ3v) is 7.04. The van der Waals surface area contributed by atoms with Gasteiger partial charge in [-0.2, -0.15) is 0 Å². The average Bonchev–Trinajstić information content (AvgIpc) is 3.44. The highest BCUT2D eigenvalue weighted by Gasteiger charge is 2.25. The van der Waals surface area contributed by atoms with Crippen molar-refractivity contribution in [1.29, 1.82) is 0 Å². The van der Waals surface area contributed by atoms with Gasteiger partial charge >= 0.3 is 0 Å². The normalized spacial score (nSPS) is 16.7. The number of anilines is 1. The second-order valence-corrected chi connectivity index (χ2v) is 8.67. The number of aromatic nitrogens is 4. The van der Waals surface area contributed by atoms with Crippen LogP contribution in [0, 0.1) is 5.82 Å². The van der Waals surface area contributed by atoms with E-state index in [0.29, 0.717) is 6.04 Å². The number of piperazine rings is 1. The Morgan fingerprint density at radius 2 is 1.89 bits per heavy atom. The number of fused-ring (bicyclic) bond motifs is 1. The van der Waals surface area contributed by atoms with Gasteiger partial charge in [-0.15, -0.1) is 16.4 Å². The highest BCUT2D eigenvalue weighted by Crippen LogP contribution is 2.29. The quantitative estimate of drug-likeness (QED) is 0.506. The number of hydrogen-bond donors (Lipinski definition) is 0. The largest absolute Gasteiger partial charge is 0.344 e. The summed E-state index contributed by atoms with van der Waals surface area (Å²) in [5.74, 6) is -0.242. The molecule has 1 aliphatic heterocycles. The van der Waals surface area contributed by atoms with Crippen LogP contribution in [-0.2, 0) is 0 Å². The first kappa shape index (κ1) is 17.7. The second kappa shape index (κ2) is 7.23. The molecule has 3 aromatic heterocycles. The zero-order valence-corrected chi connectivity index (χ0v) is 17.0. The SMILES string of the molecule is CC(c1nccs1)N1CCN(c2nn3cc(-c4ccc(F)cc4)nc3s2)CC1. The molecular weight excluding hydrogens is 395 g/mol. The highest BCUT2D eigenvalue weighted by molar-refractivity contribution is 7.20. The van der Waals surface area contributed by atoms with Gasteiger partial charge in [0, 0.05) is 43.3 Å². The van der Waals surface area contributed by atoms with E-state index >= 15 is 0 Å². The molecule has 9 heteroatoms. The van der Waals surface area contributed by atoms with Crippen LogP contribution in [0.1, 0.15) is 18.0 Å². The van der Waals surface area contributed by atoms with Gasteiger partial charge < -0.3 is 4.90 Å². The van der Waals surface area contributed by atoms with Crippen molar-refractivity contribution in [2.24, 2.45) is 0 Å². The van der Waals surface area contributed by atoms with Gasteiger partial charge in [-0.1, -0.05) is 11.3 Å². The third kappa shape index (κ3) is 3.30. The van der Waals surface area contributed by atoms with Gasteiger partial charge in [0.25, 0.3) is 0 Å². The number of halogens is 1. The maximum absolute atomic E-state index is 13.1. The first-order valence-corrected chi connectivity index (χ1v) is 10.9. The molecule has 1 unspecified atom stereocenters. The van der Waals surface area contributed by atoms with Crippen LogP contribution in [0.15, 0.2) is 42.0 Å². The van der Waals surface area contributed by atoms with E-state index in [9.17, 15) is 4.39 Å². The smallest absolute Gasteiger partial charge is 0.214 e. The molecule has 0 spiro atoms. The summed E-state index contributed by atoms with van der Waals surface area (Å²) in [6.07, 6.45) is 3.78. The van der Waals surface area contributed by atoms with Crippen molar-refractivity contribution in [2.45, 2.75) is 13.0 Å². The molecule has 0 saturated carbocycles. The topological polar surface area (TPSA) is 49.6 Å². The maximum Gasteiger partial charge on any atom is 0.214 e. The van der Waals surface area contributed by atoms with E-state index in [-0.39, 0.29) is 5.82 Å². The van der Waals surface area contributed by atoms with Gasteiger partial charge in [-0.3, -0.25) is 4.90 Å². The predicted molar refractivity (Wildman–Crippen MR) is 111 cm³/mol. The summed E-state index contributed by atoms with van der Waals surface area (Å²) in [7, 11) is 0. The fourth-order valence-electron chi connectivity index (χ4n) is 3.47. The zero-order valence-electron chi connectivity index (χ0n) is 15.3. The summed E-state index contributed by atoms with van der Waals surface area (Å²) in [6.45, 7) is 6.09. The predicted octanol–water partition coefficient (Wildman–Crippen LogP) is 3.94. The van der Waals surface area contributed by atoms with Gasteiger partial charge in [0.2, 0.25) is 10.1 Å². The maximum atomic E-state index is 13.1. The molecular formula is C19H19FN6S2. The fourth-order valence-corrected chi connectivity index (χ4v) is 5.14. The van der Waals surface area contributed by atoms with Gasteiger partial charge in [0.05, 0.1) is 17.9 Å². The molecule has 0 amide bonds. The van der Waals surface area contributed by atoms with Crippen LogP contribution in [0.5, 0.6) is 0 Å². The van der Waals surface area contributed by atoms with Crippen molar-refractivity contribution in [1.82, 2.24) is 24.5 Å². The third-order valence-electron chi connectivity index (χ3n) is 5.11. The number of imidazole rings is 1. The van der Waals surface area contributed by atoms with Crippen molar-refractivity contribution < 1.29 is 4.39 Å². The monoisotopic (exact) mass is 414 g/mol. The first-order chi connectivity index (χ1) is 13.7. The molecule has 0 radical (unpaired) electrons. The van der Waals surface area contributed by atoms with Crippen LogP contribution < -0.4 is 4.90 Å². The van der Waals surface area contributed by atoms with Gasteiger partial charge in [-0.05, 0) is 31.2 Å². The lowest BCUT2D eigenvalue weighted by Gasteiger charge is -2.37. The molecule has 1 aromatic carbocycles. The number of thiazole rings is 1. The van der Waals surface area contributed by atoms with Crippen molar-refractivity contribution in [2.75, 3.05) is 31.1 Å². The summed E-state index contributed by atoms with van der Waals surface area (Å²) < 4.78 is 14.9. The molecule has 6 nitrogen and oxygen atoms in total. The van der Waals surface area contributed by atoms with Crippen LogP contribution in [0.4, 0.5) is 9.52 Å². The molecule has 0 aliphatic carbocycles. The Bertz CT molecular complexity index is 1030. The Labute approximate surface area is 169 Å². The van der Waals surface area contributed by atoms with E-state index in [1.54, 1.807) is 34.8 Å². The van der Waals surface area contributed by atoms with Crippen molar-refractivity contribution in [3.8, 4) is 11.3 Å². The van der Waals surface area contributed by atoms with Crippen LogP contribution in [0.3, 0.4) is 0 Å². The Morgan fingerprint density at radius 1 is 1.11 bits per heavy atom. The van der Waals surface area contributed by atoms with Gasteiger partial charge in [0.1, 0.15) is 10.8 Å². The van der Waals surface area contributed by atoms with E-state index in [4.69, 9.17) is 5.10 Å². The van der Waals surface area contributed by atoms with Gasteiger partial charge in [0.15, 0.2) is 0 Å². The van der Waals surface area contributed by atoms with E-state index in [2.05, 4.69) is 26.7 Å². The first-order valence-electron chi connectivity index (χ1n) is 9.18. The molecule has 1 aliphatic rings. The van der Waals surface area contributed by atoms with Crippen LogP contribution in [0.25, 0.3) is 16.2 Å². The molecule has 1 atom stereocenters. The van der Waals surface area contributed by atoms with Crippen LogP contribution in [0.2, 0.25) is 0 Å². The minimum atomic E-state index is -0.242. The summed E-state index contributed by atoms with van der Waals surface area (Å²) in [5, 5.41) is 8.92. The van der Waals surface area contributed by atoms with E-state index in [1.807, 2.05) is 22.3 Å². The average molecular weight is 415 g/mol. The van der Waals surface area contributed by atoms with Crippen molar-refractivity contribution in [3.63, 3.8) is 0 Å². The molecule has 1 fully saturated rings. The Hall–Kier alpha value is -2.36. The second-order valence-electron chi connectivity index (χ2n) is 6.81. The fraction of sp³-hybridized carbons (Fsp3) is 0.316.